The van der Waals surface area contributed by atoms with E-state index in [1.165, 1.54) is 5.56 Å². The van der Waals surface area contributed by atoms with Gasteiger partial charge in [-0.05, 0) is 41.2 Å². The molecule has 0 bridgehead atoms. The topological polar surface area (TPSA) is 26.0 Å². The number of hydrogen-bond acceptors (Lipinski definition) is 1. The summed E-state index contributed by atoms with van der Waals surface area (Å²) in [6.45, 7) is 8.72. The molecule has 1 atom stereocenters. The third-order valence-corrected chi connectivity index (χ3v) is 4.32. The van der Waals surface area contributed by atoms with E-state index in [2.05, 4.69) is 80.0 Å². The second kappa shape index (κ2) is 5.34. The Morgan fingerprint density at radius 2 is 1.05 bits per heavy atom. The van der Waals surface area contributed by atoms with Crippen molar-refractivity contribution in [3.8, 4) is 0 Å². The Morgan fingerprint density at radius 3 is 1.45 bits per heavy atom. The van der Waals surface area contributed by atoms with Crippen LogP contribution in [0.5, 0.6) is 0 Å². The summed E-state index contributed by atoms with van der Waals surface area (Å²) < 4.78 is 1.07. The first-order chi connectivity index (χ1) is 9.21. The van der Waals surface area contributed by atoms with Crippen LogP contribution in [0.1, 0.15) is 44.4 Å². The zero-order valence-corrected chi connectivity index (χ0v) is 14.2. The lowest BCUT2D eigenvalue weighted by atomic mass is 9.82. The van der Waals surface area contributed by atoms with Gasteiger partial charge in [0.2, 0.25) is 0 Å². The van der Waals surface area contributed by atoms with E-state index in [0.717, 1.165) is 15.6 Å². The molecular formula is C18H22BrN. The summed E-state index contributed by atoms with van der Waals surface area (Å²) in [6, 6.07) is 16.8. The second-order valence-corrected chi connectivity index (χ2v) is 7.45. The van der Waals surface area contributed by atoms with Crippen molar-refractivity contribution in [2.75, 3.05) is 0 Å². The zero-order valence-electron chi connectivity index (χ0n) is 12.6. The van der Waals surface area contributed by atoms with E-state index in [9.17, 15) is 0 Å². The van der Waals surface area contributed by atoms with Crippen LogP contribution in [0.2, 0.25) is 0 Å². The van der Waals surface area contributed by atoms with E-state index in [1.807, 2.05) is 12.1 Å². The van der Waals surface area contributed by atoms with Crippen LogP contribution in [-0.4, -0.2) is 0 Å². The zero-order chi connectivity index (χ0) is 15.0. The lowest BCUT2D eigenvalue weighted by Crippen LogP contribution is -2.34. The first kappa shape index (κ1) is 15.3. The van der Waals surface area contributed by atoms with E-state index in [4.69, 9.17) is 5.73 Å². The molecule has 2 N–H and O–H groups in total. The van der Waals surface area contributed by atoms with Gasteiger partial charge in [-0.1, -0.05) is 73.1 Å². The van der Waals surface area contributed by atoms with Gasteiger partial charge >= 0.3 is 0 Å². The number of halogens is 1. The van der Waals surface area contributed by atoms with E-state index in [0.29, 0.717) is 0 Å². The molecule has 1 nitrogen and oxygen atoms in total. The van der Waals surface area contributed by atoms with Crippen LogP contribution < -0.4 is 5.73 Å². The molecule has 106 valence electrons. The fourth-order valence-corrected chi connectivity index (χ4v) is 2.54. The third kappa shape index (κ3) is 3.13. The molecule has 0 saturated carbocycles. The van der Waals surface area contributed by atoms with Crippen molar-refractivity contribution in [3.05, 3.63) is 69.7 Å². The molecule has 0 aromatic heterocycles. The summed E-state index contributed by atoms with van der Waals surface area (Å²) >= 11 is 3.46. The van der Waals surface area contributed by atoms with Crippen LogP contribution in [0, 0.1) is 0 Å². The Balaban J connectivity index is 2.37. The van der Waals surface area contributed by atoms with Crippen LogP contribution in [-0.2, 0) is 11.0 Å². The molecule has 0 radical (unpaired) electrons. The predicted molar refractivity (Wildman–Crippen MR) is 89.9 cm³/mol. The van der Waals surface area contributed by atoms with Crippen LogP contribution in [0.4, 0.5) is 0 Å². The van der Waals surface area contributed by atoms with Gasteiger partial charge in [0.1, 0.15) is 0 Å². The molecular weight excluding hydrogens is 310 g/mol. The third-order valence-electron chi connectivity index (χ3n) is 3.79. The van der Waals surface area contributed by atoms with Gasteiger partial charge in [-0.25, -0.2) is 0 Å². The fourth-order valence-electron chi connectivity index (χ4n) is 2.28. The fraction of sp³-hybridized carbons (Fsp3) is 0.333. The summed E-state index contributed by atoms with van der Waals surface area (Å²) in [7, 11) is 0. The molecule has 2 rings (SSSR count). The highest BCUT2D eigenvalue weighted by Gasteiger charge is 2.24. The molecule has 0 heterocycles. The highest BCUT2D eigenvalue weighted by Crippen LogP contribution is 2.30. The highest BCUT2D eigenvalue weighted by molar-refractivity contribution is 9.10. The molecule has 0 spiro atoms. The molecule has 2 aromatic rings. The van der Waals surface area contributed by atoms with Crippen molar-refractivity contribution in [1.82, 2.24) is 0 Å². The summed E-state index contributed by atoms with van der Waals surface area (Å²) in [5.41, 5.74) is 9.82. The van der Waals surface area contributed by atoms with Gasteiger partial charge in [-0.3, -0.25) is 0 Å². The Hall–Kier alpha value is -1.12. The highest BCUT2D eigenvalue weighted by atomic mass is 79.9. The van der Waals surface area contributed by atoms with Crippen molar-refractivity contribution >= 4 is 15.9 Å². The van der Waals surface area contributed by atoms with Crippen molar-refractivity contribution in [2.45, 2.75) is 38.6 Å². The number of rotatable bonds is 2. The smallest absolute Gasteiger partial charge is 0.0636 e. The number of hydrogen-bond donors (Lipinski definition) is 1. The molecule has 0 aliphatic carbocycles. The van der Waals surface area contributed by atoms with Crippen LogP contribution in [0.25, 0.3) is 0 Å². The van der Waals surface area contributed by atoms with Crippen LogP contribution >= 0.6 is 15.9 Å². The van der Waals surface area contributed by atoms with Crippen LogP contribution in [0.15, 0.2) is 53.0 Å². The minimum Gasteiger partial charge on any atom is -0.318 e. The largest absolute Gasteiger partial charge is 0.318 e. The Morgan fingerprint density at radius 1 is 0.700 bits per heavy atom. The minimum absolute atomic E-state index is 0.168. The van der Waals surface area contributed by atoms with E-state index in [1.54, 1.807) is 0 Å². The summed E-state index contributed by atoms with van der Waals surface area (Å²) in [5.74, 6) is 0. The number of nitrogens with two attached hydrogens (primary N) is 1. The normalized spacial score (nSPS) is 14.9. The molecule has 0 aliphatic rings. The SMILES string of the molecule is CC(C)(C)c1ccc(C(C)(N)c2ccc(Br)cc2)cc1. The monoisotopic (exact) mass is 331 g/mol. The van der Waals surface area contributed by atoms with Crippen molar-refractivity contribution in [2.24, 2.45) is 5.73 Å². The standard InChI is InChI=1S/C18H22BrN/c1-17(2,3)13-5-7-14(8-6-13)18(4,20)15-9-11-16(19)12-10-15/h5-12H,20H2,1-4H3. The quantitative estimate of drug-likeness (QED) is 0.826. The molecule has 0 aliphatic heterocycles. The van der Waals surface area contributed by atoms with E-state index < -0.39 is 5.54 Å². The average Bonchev–Trinajstić information content (AvgIpc) is 2.38. The lowest BCUT2D eigenvalue weighted by molar-refractivity contribution is 0.582. The Kier molecular flexibility index (Phi) is 4.08. The molecule has 20 heavy (non-hydrogen) atoms. The molecule has 0 fully saturated rings. The van der Waals surface area contributed by atoms with Gasteiger partial charge in [0.05, 0.1) is 5.54 Å². The molecule has 0 amide bonds. The van der Waals surface area contributed by atoms with E-state index in [-0.39, 0.29) is 5.41 Å². The maximum Gasteiger partial charge on any atom is 0.0636 e. The first-order valence-corrected chi connectivity index (χ1v) is 7.66. The molecule has 2 heteroatoms. The average molecular weight is 332 g/mol. The van der Waals surface area contributed by atoms with Crippen molar-refractivity contribution in [3.63, 3.8) is 0 Å². The summed E-state index contributed by atoms with van der Waals surface area (Å²) in [6.07, 6.45) is 0. The van der Waals surface area contributed by atoms with Gasteiger partial charge in [0, 0.05) is 4.47 Å². The molecule has 1 unspecified atom stereocenters. The first-order valence-electron chi connectivity index (χ1n) is 6.87. The van der Waals surface area contributed by atoms with Crippen molar-refractivity contribution < 1.29 is 0 Å². The Labute approximate surface area is 130 Å². The van der Waals surface area contributed by atoms with Gasteiger partial charge in [0.25, 0.3) is 0 Å². The Bertz CT molecular complexity index is 574. The van der Waals surface area contributed by atoms with E-state index >= 15 is 0 Å². The van der Waals surface area contributed by atoms with Gasteiger partial charge in [0.15, 0.2) is 0 Å². The van der Waals surface area contributed by atoms with Crippen molar-refractivity contribution in [1.29, 1.82) is 0 Å². The second-order valence-electron chi connectivity index (χ2n) is 6.54. The maximum atomic E-state index is 6.55. The summed E-state index contributed by atoms with van der Waals surface area (Å²) in [5, 5.41) is 0. The predicted octanol–water partition coefficient (Wildman–Crippen LogP) is 4.97. The minimum atomic E-state index is -0.475. The number of benzene rings is 2. The van der Waals surface area contributed by atoms with Crippen LogP contribution in [0.3, 0.4) is 0 Å². The molecule has 0 saturated heterocycles. The maximum absolute atomic E-state index is 6.55. The summed E-state index contributed by atoms with van der Waals surface area (Å²) in [4.78, 5) is 0. The van der Waals surface area contributed by atoms with Gasteiger partial charge < -0.3 is 5.73 Å². The van der Waals surface area contributed by atoms with Gasteiger partial charge in [-0.2, -0.15) is 0 Å². The molecule has 2 aromatic carbocycles. The lowest BCUT2D eigenvalue weighted by Gasteiger charge is -2.27. The van der Waals surface area contributed by atoms with Gasteiger partial charge in [-0.15, -0.1) is 0 Å².